The molecule has 4 nitrogen and oxygen atoms in total. The molecule has 1 N–H and O–H groups in total. The zero-order valence-electron chi connectivity index (χ0n) is 11.3. The highest BCUT2D eigenvalue weighted by atomic mass is 35.5. The lowest BCUT2D eigenvalue weighted by Crippen LogP contribution is -2.37. The van der Waals surface area contributed by atoms with Crippen molar-refractivity contribution in [3.05, 3.63) is 40.4 Å². The molecule has 0 unspecified atom stereocenters. The highest BCUT2D eigenvalue weighted by Crippen LogP contribution is 2.33. The van der Waals surface area contributed by atoms with Crippen LogP contribution in [0.4, 0.5) is 0 Å². The standard InChI is InChI=1S/C13H17Cl2NO3S/c1-4-7-16(9(2)3)20(18,19)12-6-5-11(14)10(8-17)13(12)15/h4-6,9,17H,1,7-8H2,2-3H3. The summed E-state index contributed by atoms with van der Waals surface area (Å²) in [7, 11) is -3.78. The summed E-state index contributed by atoms with van der Waals surface area (Å²) in [6.45, 7) is 6.83. The summed E-state index contributed by atoms with van der Waals surface area (Å²) in [4.78, 5) is -0.0665. The molecule has 0 atom stereocenters. The third-order valence-electron chi connectivity index (χ3n) is 2.78. The molecule has 0 aliphatic rings. The van der Waals surface area contributed by atoms with Gasteiger partial charge < -0.3 is 5.11 Å². The van der Waals surface area contributed by atoms with Crippen LogP contribution in [-0.4, -0.2) is 30.4 Å². The Hall–Kier alpha value is -0.590. The van der Waals surface area contributed by atoms with E-state index in [1.807, 2.05) is 0 Å². The van der Waals surface area contributed by atoms with Gasteiger partial charge in [-0.3, -0.25) is 0 Å². The molecule has 1 aromatic carbocycles. The van der Waals surface area contributed by atoms with Crippen LogP contribution in [0.2, 0.25) is 10.0 Å². The molecular formula is C13H17Cl2NO3S. The zero-order valence-corrected chi connectivity index (χ0v) is 13.6. The Balaban J connectivity index is 3.46. The minimum absolute atomic E-state index is 0.0466. The van der Waals surface area contributed by atoms with Crippen molar-refractivity contribution < 1.29 is 13.5 Å². The van der Waals surface area contributed by atoms with Crippen LogP contribution in [0.25, 0.3) is 0 Å². The fourth-order valence-electron chi connectivity index (χ4n) is 1.76. The number of sulfonamides is 1. The topological polar surface area (TPSA) is 57.6 Å². The summed E-state index contributed by atoms with van der Waals surface area (Å²) >= 11 is 12.0. The summed E-state index contributed by atoms with van der Waals surface area (Å²) in [6.07, 6.45) is 1.51. The largest absolute Gasteiger partial charge is 0.392 e. The van der Waals surface area contributed by atoms with Crippen LogP contribution in [-0.2, 0) is 16.6 Å². The van der Waals surface area contributed by atoms with E-state index >= 15 is 0 Å². The lowest BCUT2D eigenvalue weighted by Gasteiger charge is -2.25. The summed E-state index contributed by atoms with van der Waals surface area (Å²) < 4.78 is 26.5. The Morgan fingerprint density at radius 2 is 2.00 bits per heavy atom. The molecule has 0 radical (unpaired) electrons. The van der Waals surface area contributed by atoms with Crippen LogP contribution >= 0.6 is 23.2 Å². The van der Waals surface area contributed by atoms with Crippen LogP contribution in [0.5, 0.6) is 0 Å². The predicted octanol–water partition coefficient (Wildman–Crippen LogP) is 3.07. The SMILES string of the molecule is C=CCN(C(C)C)S(=O)(=O)c1ccc(Cl)c(CO)c1Cl. The van der Waals surface area contributed by atoms with Gasteiger partial charge in [-0.05, 0) is 26.0 Å². The summed E-state index contributed by atoms with van der Waals surface area (Å²) in [6, 6.07) is 2.51. The number of rotatable bonds is 6. The monoisotopic (exact) mass is 337 g/mol. The van der Waals surface area contributed by atoms with E-state index in [1.54, 1.807) is 13.8 Å². The van der Waals surface area contributed by atoms with Gasteiger partial charge in [-0.2, -0.15) is 4.31 Å². The molecule has 0 saturated heterocycles. The normalized spacial score (nSPS) is 12.2. The maximum Gasteiger partial charge on any atom is 0.245 e. The molecule has 112 valence electrons. The van der Waals surface area contributed by atoms with Crippen LogP contribution in [0, 0.1) is 0 Å². The van der Waals surface area contributed by atoms with Crippen molar-refractivity contribution >= 4 is 33.2 Å². The van der Waals surface area contributed by atoms with E-state index < -0.39 is 16.6 Å². The van der Waals surface area contributed by atoms with Crippen molar-refractivity contribution in [1.29, 1.82) is 0 Å². The third kappa shape index (κ3) is 3.35. The van der Waals surface area contributed by atoms with Crippen molar-refractivity contribution in [2.45, 2.75) is 31.4 Å². The lowest BCUT2D eigenvalue weighted by atomic mass is 10.2. The summed E-state index contributed by atoms with van der Waals surface area (Å²) in [5.41, 5.74) is 0.205. The summed E-state index contributed by atoms with van der Waals surface area (Å²) in [5.74, 6) is 0. The number of hydrogen-bond acceptors (Lipinski definition) is 3. The van der Waals surface area contributed by atoms with E-state index in [2.05, 4.69) is 6.58 Å². The van der Waals surface area contributed by atoms with Crippen LogP contribution < -0.4 is 0 Å². The number of benzene rings is 1. The molecular weight excluding hydrogens is 321 g/mol. The van der Waals surface area contributed by atoms with E-state index in [9.17, 15) is 13.5 Å². The first-order valence-corrected chi connectivity index (χ1v) is 8.17. The first-order valence-electron chi connectivity index (χ1n) is 5.97. The van der Waals surface area contributed by atoms with Gasteiger partial charge in [0.15, 0.2) is 0 Å². The van der Waals surface area contributed by atoms with Crippen molar-refractivity contribution in [3.8, 4) is 0 Å². The molecule has 20 heavy (non-hydrogen) atoms. The Labute approximate surface area is 129 Å². The highest BCUT2D eigenvalue weighted by molar-refractivity contribution is 7.89. The van der Waals surface area contributed by atoms with Crippen molar-refractivity contribution in [2.24, 2.45) is 0 Å². The molecule has 7 heteroatoms. The van der Waals surface area contributed by atoms with Crippen LogP contribution in [0.15, 0.2) is 29.7 Å². The lowest BCUT2D eigenvalue weighted by molar-refractivity contribution is 0.281. The average molecular weight is 338 g/mol. The van der Waals surface area contributed by atoms with Gasteiger partial charge in [0.25, 0.3) is 0 Å². The fraction of sp³-hybridized carbons (Fsp3) is 0.385. The Morgan fingerprint density at radius 3 is 2.45 bits per heavy atom. The zero-order chi connectivity index (χ0) is 15.5. The molecule has 0 aliphatic carbocycles. The molecule has 0 saturated carbocycles. The van der Waals surface area contributed by atoms with Gasteiger partial charge in [-0.25, -0.2) is 8.42 Å². The number of aliphatic hydroxyl groups excluding tert-OH is 1. The maximum atomic E-state index is 12.6. The van der Waals surface area contributed by atoms with E-state index in [0.29, 0.717) is 0 Å². The quantitative estimate of drug-likeness (QED) is 0.811. The molecule has 0 heterocycles. The van der Waals surface area contributed by atoms with E-state index in [-0.39, 0.29) is 33.1 Å². The molecule has 1 rings (SSSR count). The van der Waals surface area contributed by atoms with Gasteiger partial charge in [-0.15, -0.1) is 6.58 Å². The predicted molar refractivity (Wildman–Crippen MR) is 81.6 cm³/mol. The van der Waals surface area contributed by atoms with Crippen molar-refractivity contribution in [1.82, 2.24) is 4.31 Å². The van der Waals surface area contributed by atoms with Gasteiger partial charge in [-0.1, -0.05) is 29.3 Å². The third-order valence-corrected chi connectivity index (χ3v) is 5.76. The smallest absolute Gasteiger partial charge is 0.245 e. The number of hydrogen-bond donors (Lipinski definition) is 1. The first-order chi connectivity index (χ1) is 9.27. The molecule has 0 amide bonds. The van der Waals surface area contributed by atoms with Gasteiger partial charge in [0.05, 0.1) is 11.6 Å². The molecule has 0 spiro atoms. The van der Waals surface area contributed by atoms with Gasteiger partial charge >= 0.3 is 0 Å². The van der Waals surface area contributed by atoms with Gasteiger partial charge in [0.2, 0.25) is 10.0 Å². The van der Waals surface area contributed by atoms with Gasteiger partial charge in [0, 0.05) is 23.2 Å². The Bertz CT molecular complexity index is 600. The second-order valence-electron chi connectivity index (χ2n) is 4.45. The van der Waals surface area contributed by atoms with E-state index in [0.717, 1.165) is 0 Å². The highest BCUT2D eigenvalue weighted by Gasteiger charge is 2.29. The molecule has 0 aliphatic heterocycles. The molecule has 1 aromatic rings. The van der Waals surface area contributed by atoms with Crippen molar-refractivity contribution in [2.75, 3.05) is 6.54 Å². The molecule has 0 bridgehead atoms. The fourth-order valence-corrected chi connectivity index (χ4v) is 4.24. The Kier molecular flexibility index (Phi) is 6.04. The number of halogens is 2. The van der Waals surface area contributed by atoms with E-state index in [1.165, 1.54) is 22.5 Å². The van der Waals surface area contributed by atoms with Gasteiger partial charge in [0.1, 0.15) is 4.90 Å². The minimum atomic E-state index is -3.78. The van der Waals surface area contributed by atoms with Crippen LogP contribution in [0.1, 0.15) is 19.4 Å². The average Bonchev–Trinajstić information content (AvgIpc) is 2.35. The maximum absolute atomic E-state index is 12.6. The summed E-state index contributed by atoms with van der Waals surface area (Å²) in [5, 5.41) is 9.43. The molecule has 0 aromatic heterocycles. The molecule has 0 fully saturated rings. The van der Waals surface area contributed by atoms with E-state index in [4.69, 9.17) is 23.2 Å². The minimum Gasteiger partial charge on any atom is -0.392 e. The second kappa shape index (κ2) is 6.91. The van der Waals surface area contributed by atoms with Crippen molar-refractivity contribution in [3.63, 3.8) is 0 Å². The number of aliphatic hydroxyl groups is 1. The van der Waals surface area contributed by atoms with Crippen LogP contribution in [0.3, 0.4) is 0 Å². The second-order valence-corrected chi connectivity index (χ2v) is 7.10. The Morgan fingerprint density at radius 1 is 1.40 bits per heavy atom. The first kappa shape index (κ1) is 17.5. The number of nitrogens with zero attached hydrogens (tertiary/aromatic N) is 1.